The van der Waals surface area contributed by atoms with Gasteiger partial charge in [-0.3, -0.25) is 4.79 Å². The molecule has 1 saturated heterocycles. The van der Waals surface area contributed by atoms with Gasteiger partial charge in [0.05, 0.1) is 13.2 Å². The van der Waals surface area contributed by atoms with Crippen LogP contribution in [0.15, 0.2) is 89.0 Å². The number of benzene rings is 3. The summed E-state index contributed by atoms with van der Waals surface area (Å²) in [5.74, 6) is 1.02. The van der Waals surface area contributed by atoms with Crippen LogP contribution in [-0.2, 0) is 22.5 Å². The van der Waals surface area contributed by atoms with Gasteiger partial charge in [0.2, 0.25) is 5.90 Å². The Morgan fingerprint density at radius 2 is 1.75 bits per heavy atom. The Morgan fingerprint density at radius 3 is 2.45 bits per heavy atom. The maximum Gasteiger partial charge on any atom is 0.255 e. The Labute approximate surface area is 233 Å². The highest BCUT2D eigenvalue weighted by molar-refractivity contribution is 6.01. The first-order valence-corrected chi connectivity index (χ1v) is 13.7. The van der Waals surface area contributed by atoms with E-state index in [4.69, 9.17) is 25.1 Å². The molecule has 3 aromatic rings. The second kappa shape index (κ2) is 12.7. The van der Waals surface area contributed by atoms with E-state index in [2.05, 4.69) is 10.0 Å². The quantitative estimate of drug-likeness (QED) is 0.152. The summed E-state index contributed by atoms with van der Waals surface area (Å²) in [7, 11) is 0. The van der Waals surface area contributed by atoms with Crippen LogP contribution in [0.1, 0.15) is 47.6 Å². The molecule has 3 aromatic carbocycles. The molecule has 0 spiro atoms. The van der Waals surface area contributed by atoms with Gasteiger partial charge in [0.25, 0.3) is 5.91 Å². The summed E-state index contributed by atoms with van der Waals surface area (Å²) in [5.41, 5.74) is 11.1. The molecule has 2 heterocycles. The number of hydrogen-bond donors (Lipinski definition) is 1. The van der Waals surface area contributed by atoms with E-state index in [1.165, 1.54) is 0 Å². The van der Waals surface area contributed by atoms with E-state index in [0.717, 1.165) is 35.1 Å². The lowest BCUT2D eigenvalue weighted by Crippen LogP contribution is -2.51. The fraction of sp³-hybridized carbons (Fsp3) is 0.355. The first-order valence-electron chi connectivity index (χ1n) is 13.7. The van der Waals surface area contributed by atoms with Gasteiger partial charge in [-0.05, 0) is 59.3 Å². The van der Waals surface area contributed by atoms with E-state index < -0.39 is 11.6 Å². The number of nitrogens with zero attached hydrogens (tertiary/aromatic N) is 5. The predicted molar refractivity (Wildman–Crippen MR) is 152 cm³/mol. The number of azide groups is 1. The number of amides is 1. The molecule has 0 bridgehead atoms. The summed E-state index contributed by atoms with van der Waals surface area (Å²) in [6.07, 6.45) is 2.12. The van der Waals surface area contributed by atoms with Crippen LogP contribution in [0, 0.1) is 0 Å². The molecule has 206 valence electrons. The van der Waals surface area contributed by atoms with Crippen molar-refractivity contribution in [3.63, 3.8) is 0 Å². The van der Waals surface area contributed by atoms with Crippen molar-refractivity contribution in [2.45, 2.75) is 43.9 Å². The van der Waals surface area contributed by atoms with Crippen LogP contribution in [0.25, 0.3) is 10.4 Å². The van der Waals surface area contributed by atoms with Gasteiger partial charge in [-0.2, -0.15) is 0 Å². The first kappa shape index (κ1) is 27.2. The topological polar surface area (TPSA) is 120 Å². The standard InChI is InChI=1S/C31H33N5O4/c32-35-33-22-26-12-5-4-11-25(26)21-31(30(38)36-17-6-7-18-36)28(23-9-2-1-3-10-23)40-29(34-31)24-13-15-27(16-14-24)39-20-8-19-37/h1-5,9-16,28,37H,6-8,17-22H2/t28-,31-/m1/s1. The Hall–Kier alpha value is -4.33. The van der Waals surface area contributed by atoms with Crippen LogP contribution in [0.2, 0.25) is 0 Å². The minimum absolute atomic E-state index is 0.0589. The highest BCUT2D eigenvalue weighted by atomic mass is 16.5. The highest BCUT2D eigenvalue weighted by Gasteiger charge is 2.55. The molecule has 0 radical (unpaired) electrons. The van der Waals surface area contributed by atoms with Crippen LogP contribution < -0.4 is 4.74 Å². The fourth-order valence-corrected chi connectivity index (χ4v) is 5.37. The predicted octanol–water partition coefficient (Wildman–Crippen LogP) is 5.38. The third-order valence-corrected chi connectivity index (χ3v) is 7.39. The van der Waals surface area contributed by atoms with Crippen molar-refractivity contribution in [2.24, 2.45) is 10.1 Å². The van der Waals surface area contributed by atoms with Crippen LogP contribution in [0.5, 0.6) is 5.75 Å². The second-order valence-corrected chi connectivity index (χ2v) is 10.0. The molecule has 1 amide bonds. The highest BCUT2D eigenvalue weighted by Crippen LogP contribution is 2.44. The summed E-state index contributed by atoms with van der Waals surface area (Å²) in [5, 5.41) is 12.8. The lowest BCUT2D eigenvalue weighted by molar-refractivity contribution is -0.138. The molecule has 1 fully saturated rings. The third-order valence-electron chi connectivity index (χ3n) is 7.39. The molecule has 5 rings (SSSR count). The van der Waals surface area contributed by atoms with E-state index in [-0.39, 0.29) is 19.1 Å². The van der Waals surface area contributed by atoms with E-state index in [1.54, 1.807) is 0 Å². The van der Waals surface area contributed by atoms with Crippen LogP contribution in [-0.4, -0.2) is 53.7 Å². The Morgan fingerprint density at radius 1 is 1.05 bits per heavy atom. The molecule has 9 nitrogen and oxygen atoms in total. The van der Waals surface area contributed by atoms with Crippen LogP contribution >= 0.6 is 0 Å². The van der Waals surface area contributed by atoms with Gasteiger partial charge in [0, 0.05) is 43.0 Å². The third kappa shape index (κ3) is 5.81. The number of carbonyl (C=O) groups is 1. The zero-order valence-corrected chi connectivity index (χ0v) is 22.4. The molecule has 0 unspecified atom stereocenters. The number of aliphatic imine (C=N–C) groups is 1. The SMILES string of the molecule is [N-]=[N+]=NCc1ccccc1C[C@@]1(C(=O)N2CCCC2)N=C(c2ccc(OCCCO)cc2)O[C@@H]1c1ccccc1. The van der Waals surface area contributed by atoms with Gasteiger partial charge < -0.3 is 19.5 Å². The summed E-state index contributed by atoms with van der Waals surface area (Å²) in [6.45, 7) is 2.06. The van der Waals surface area contributed by atoms with E-state index >= 15 is 0 Å². The molecular weight excluding hydrogens is 506 g/mol. The molecular formula is C31H33N5O4. The Balaban J connectivity index is 1.59. The molecule has 2 aliphatic heterocycles. The van der Waals surface area contributed by atoms with Gasteiger partial charge in [-0.15, -0.1) is 0 Å². The molecule has 1 N–H and O–H groups in total. The lowest BCUT2D eigenvalue weighted by atomic mass is 9.80. The maximum atomic E-state index is 14.5. The normalized spacial score (nSPS) is 20.0. The number of rotatable bonds is 11. The summed E-state index contributed by atoms with van der Waals surface area (Å²) in [6, 6.07) is 24.9. The summed E-state index contributed by atoms with van der Waals surface area (Å²) in [4.78, 5) is 24.5. The van der Waals surface area contributed by atoms with Crippen molar-refractivity contribution < 1.29 is 19.4 Å². The smallest absolute Gasteiger partial charge is 0.255 e. The van der Waals surface area contributed by atoms with Gasteiger partial charge in [0.15, 0.2) is 11.6 Å². The molecule has 2 aliphatic rings. The average Bonchev–Trinajstić information content (AvgIpc) is 3.67. The van der Waals surface area contributed by atoms with Crippen molar-refractivity contribution in [1.82, 2.24) is 4.90 Å². The fourth-order valence-electron chi connectivity index (χ4n) is 5.37. The zero-order valence-electron chi connectivity index (χ0n) is 22.4. The van der Waals surface area contributed by atoms with E-state index in [1.807, 2.05) is 83.8 Å². The number of aliphatic hydroxyl groups excluding tert-OH is 1. The lowest BCUT2D eigenvalue weighted by Gasteiger charge is -2.34. The molecule has 0 saturated carbocycles. The van der Waals surface area contributed by atoms with Gasteiger partial charge in [-0.25, -0.2) is 4.99 Å². The number of likely N-dealkylation sites (tertiary alicyclic amines) is 1. The van der Waals surface area contributed by atoms with Crippen molar-refractivity contribution in [1.29, 1.82) is 0 Å². The summed E-state index contributed by atoms with van der Waals surface area (Å²) >= 11 is 0. The number of aliphatic hydroxyl groups is 1. The number of carbonyl (C=O) groups excluding carboxylic acids is 1. The van der Waals surface area contributed by atoms with Crippen molar-refractivity contribution in [2.75, 3.05) is 26.3 Å². The largest absolute Gasteiger partial charge is 0.494 e. The van der Waals surface area contributed by atoms with Gasteiger partial charge in [-0.1, -0.05) is 59.7 Å². The molecule has 0 aliphatic carbocycles. The van der Waals surface area contributed by atoms with E-state index in [0.29, 0.717) is 44.2 Å². The molecule has 9 heteroatoms. The number of hydrogen-bond acceptors (Lipinski definition) is 6. The van der Waals surface area contributed by atoms with Crippen LogP contribution in [0.4, 0.5) is 0 Å². The Bertz CT molecular complexity index is 1380. The molecule has 40 heavy (non-hydrogen) atoms. The Kier molecular flexibility index (Phi) is 8.64. The van der Waals surface area contributed by atoms with Crippen molar-refractivity contribution >= 4 is 11.8 Å². The average molecular weight is 540 g/mol. The maximum absolute atomic E-state index is 14.5. The monoisotopic (exact) mass is 539 g/mol. The van der Waals surface area contributed by atoms with Gasteiger partial charge in [0.1, 0.15) is 5.75 Å². The number of ether oxygens (including phenoxy) is 2. The minimum Gasteiger partial charge on any atom is -0.494 e. The van der Waals surface area contributed by atoms with E-state index in [9.17, 15) is 4.79 Å². The zero-order chi connectivity index (χ0) is 27.8. The molecule has 0 aromatic heterocycles. The minimum atomic E-state index is -1.25. The van der Waals surface area contributed by atoms with Crippen molar-refractivity contribution in [3.8, 4) is 5.75 Å². The summed E-state index contributed by atoms with van der Waals surface area (Å²) < 4.78 is 12.3. The van der Waals surface area contributed by atoms with Gasteiger partial charge >= 0.3 is 0 Å². The van der Waals surface area contributed by atoms with Crippen LogP contribution in [0.3, 0.4) is 0 Å². The second-order valence-electron chi connectivity index (χ2n) is 10.0. The first-order chi connectivity index (χ1) is 19.6. The van der Waals surface area contributed by atoms with Crippen molar-refractivity contribution in [3.05, 3.63) is 112 Å². The molecule has 2 atom stereocenters.